The first-order valence-corrected chi connectivity index (χ1v) is 7.31. The minimum absolute atomic E-state index is 0.0508. The van der Waals surface area contributed by atoms with Crippen LogP contribution in [0.15, 0.2) is 18.2 Å². The van der Waals surface area contributed by atoms with Crippen molar-refractivity contribution in [1.29, 1.82) is 0 Å². The van der Waals surface area contributed by atoms with E-state index in [0.717, 1.165) is 18.5 Å². The second-order valence-electron chi connectivity index (χ2n) is 5.61. The van der Waals surface area contributed by atoms with Crippen molar-refractivity contribution in [2.24, 2.45) is 0 Å². The zero-order chi connectivity index (χ0) is 15.4. The van der Waals surface area contributed by atoms with Crippen molar-refractivity contribution < 1.29 is 14.3 Å². The van der Waals surface area contributed by atoms with Gasteiger partial charge >= 0.3 is 0 Å². The standard InChI is InChI=1S/C16H24N2O3/c1-11(2)17-13-7-8-18(16(13)19)10-12-5-6-14(20-3)15(9-12)21-4/h5-6,9,11,13,17H,7-8,10H2,1-4H3. The van der Waals surface area contributed by atoms with Crippen molar-refractivity contribution in [3.63, 3.8) is 0 Å². The van der Waals surface area contributed by atoms with Crippen LogP contribution in [-0.4, -0.2) is 43.7 Å². The first kappa shape index (κ1) is 15.6. The van der Waals surface area contributed by atoms with Gasteiger partial charge in [-0.25, -0.2) is 0 Å². The molecule has 1 amide bonds. The molecule has 1 aliphatic rings. The van der Waals surface area contributed by atoms with Crippen LogP contribution in [0.4, 0.5) is 0 Å². The van der Waals surface area contributed by atoms with Gasteiger partial charge in [0.15, 0.2) is 11.5 Å². The van der Waals surface area contributed by atoms with Gasteiger partial charge in [0.1, 0.15) is 0 Å². The largest absolute Gasteiger partial charge is 0.493 e. The van der Waals surface area contributed by atoms with Crippen LogP contribution in [0.5, 0.6) is 11.5 Å². The Morgan fingerprint density at radius 1 is 1.29 bits per heavy atom. The van der Waals surface area contributed by atoms with Gasteiger partial charge in [0.25, 0.3) is 0 Å². The van der Waals surface area contributed by atoms with Gasteiger partial charge in [-0.2, -0.15) is 0 Å². The van der Waals surface area contributed by atoms with Crippen molar-refractivity contribution in [2.75, 3.05) is 20.8 Å². The Morgan fingerprint density at radius 2 is 2.00 bits per heavy atom. The molecule has 1 unspecified atom stereocenters. The topological polar surface area (TPSA) is 50.8 Å². The van der Waals surface area contributed by atoms with Gasteiger partial charge < -0.3 is 19.7 Å². The zero-order valence-corrected chi connectivity index (χ0v) is 13.2. The summed E-state index contributed by atoms with van der Waals surface area (Å²) in [6.45, 7) is 5.52. The molecule has 1 atom stereocenters. The minimum atomic E-state index is -0.0508. The van der Waals surface area contributed by atoms with Crippen LogP contribution in [-0.2, 0) is 11.3 Å². The summed E-state index contributed by atoms with van der Waals surface area (Å²) in [5, 5.41) is 3.31. The van der Waals surface area contributed by atoms with E-state index < -0.39 is 0 Å². The molecule has 0 radical (unpaired) electrons. The number of carbonyl (C=O) groups excluding carboxylic acids is 1. The number of nitrogens with one attached hydrogen (secondary N) is 1. The molecule has 2 rings (SSSR count). The first-order valence-electron chi connectivity index (χ1n) is 7.31. The lowest BCUT2D eigenvalue weighted by Gasteiger charge is -2.19. The molecule has 5 nitrogen and oxygen atoms in total. The summed E-state index contributed by atoms with van der Waals surface area (Å²) in [5.74, 6) is 1.57. The molecule has 0 aromatic heterocycles. The maximum atomic E-state index is 12.3. The fourth-order valence-electron chi connectivity index (χ4n) is 2.65. The van der Waals surface area contributed by atoms with Crippen LogP contribution in [0.1, 0.15) is 25.8 Å². The highest BCUT2D eigenvalue weighted by molar-refractivity contribution is 5.84. The van der Waals surface area contributed by atoms with Crippen LogP contribution < -0.4 is 14.8 Å². The molecular formula is C16H24N2O3. The van der Waals surface area contributed by atoms with Crippen molar-refractivity contribution in [2.45, 2.75) is 38.9 Å². The van der Waals surface area contributed by atoms with Crippen molar-refractivity contribution in [3.05, 3.63) is 23.8 Å². The Bertz CT molecular complexity index is 502. The predicted molar refractivity (Wildman–Crippen MR) is 81.6 cm³/mol. The van der Waals surface area contributed by atoms with Gasteiger partial charge in [0.2, 0.25) is 5.91 Å². The number of rotatable bonds is 6. The highest BCUT2D eigenvalue weighted by atomic mass is 16.5. The summed E-state index contributed by atoms with van der Waals surface area (Å²) in [7, 11) is 3.23. The molecule has 0 aliphatic carbocycles. The summed E-state index contributed by atoms with van der Waals surface area (Å²) in [4.78, 5) is 14.2. The summed E-state index contributed by atoms with van der Waals surface area (Å²) in [5.41, 5.74) is 1.05. The van der Waals surface area contributed by atoms with Gasteiger partial charge in [-0.05, 0) is 24.1 Å². The second-order valence-corrected chi connectivity index (χ2v) is 5.61. The van der Waals surface area contributed by atoms with E-state index in [0.29, 0.717) is 24.1 Å². The molecule has 0 saturated carbocycles. The van der Waals surface area contributed by atoms with Crippen LogP contribution in [0, 0.1) is 0 Å². The molecule has 1 N–H and O–H groups in total. The van der Waals surface area contributed by atoms with E-state index in [-0.39, 0.29) is 11.9 Å². The summed E-state index contributed by atoms with van der Waals surface area (Å²) in [6, 6.07) is 6.04. The lowest BCUT2D eigenvalue weighted by molar-refractivity contribution is -0.130. The fraction of sp³-hybridized carbons (Fsp3) is 0.562. The number of benzene rings is 1. The summed E-state index contributed by atoms with van der Waals surface area (Å²) >= 11 is 0. The minimum Gasteiger partial charge on any atom is -0.493 e. The Hall–Kier alpha value is -1.75. The molecule has 1 aliphatic heterocycles. The Labute approximate surface area is 126 Å². The van der Waals surface area contributed by atoms with E-state index in [1.165, 1.54) is 0 Å². The number of amides is 1. The van der Waals surface area contributed by atoms with Crippen LogP contribution in [0.25, 0.3) is 0 Å². The third kappa shape index (κ3) is 3.67. The lowest BCUT2D eigenvalue weighted by Crippen LogP contribution is -2.41. The van der Waals surface area contributed by atoms with E-state index in [1.54, 1.807) is 14.2 Å². The number of ether oxygens (including phenoxy) is 2. The van der Waals surface area contributed by atoms with E-state index in [1.807, 2.05) is 23.1 Å². The molecule has 116 valence electrons. The van der Waals surface area contributed by atoms with Crippen LogP contribution in [0.2, 0.25) is 0 Å². The molecular weight excluding hydrogens is 268 g/mol. The molecule has 21 heavy (non-hydrogen) atoms. The third-order valence-corrected chi connectivity index (χ3v) is 3.65. The maximum Gasteiger partial charge on any atom is 0.240 e. The zero-order valence-electron chi connectivity index (χ0n) is 13.2. The lowest BCUT2D eigenvalue weighted by atomic mass is 10.2. The maximum absolute atomic E-state index is 12.3. The molecule has 1 aromatic carbocycles. The third-order valence-electron chi connectivity index (χ3n) is 3.65. The highest BCUT2D eigenvalue weighted by Crippen LogP contribution is 2.28. The van der Waals surface area contributed by atoms with E-state index in [2.05, 4.69) is 19.2 Å². The van der Waals surface area contributed by atoms with Gasteiger partial charge in [0.05, 0.1) is 20.3 Å². The monoisotopic (exact) mass is 292 g/mol. The van der Waals surface area contributed by atoms with E-state index in [9.17, 15) is 4.79 Å². The van der Waals surface area contributed by atoms with Crippen LogP contribution in [0.3, 0.4) is 0 Å². The second kappa shape index (κ2) is 6.80. The fourth-order valence-corrected chi connectivity index (χ4v) is 2.65. The first-order chi connectivity index (χ1) is 10.0. The number of carbonyl (C=O) groups is 1. The molecule has 0 bridgehead atoms. The summed E-state index contributed by atoms with van der Waals surface area (Å²) < 4.78 is 10.5. The number of methoxy groups -OCH3 is 2. The molecule has 1 saturated heterocycles. The van der Waals surface area contributed by atoms with Gasteiger partial charge in [-0.3, -0.25) is 4.79 Å². The molecule has 5 heteroatoms. The number of likely N-dealkylation sites (tertiary alicyclic amines) is 1. The summed E-state index contributed by atoms with van der Waals surface area (Å²) in [6.07, 6.45) is 0.865. The van der Waals surface area contributed by atoms with Gasteiger partial charge in [-0.1, -0.05) is 19.9 Å². The molecule has 1 heterocycles. The molecule has 0 spiro atoms. The van der Waals surface area contributed by atoms with E-state index >= 15 is 0 Å². The quantitative estimate of drug-likeness (QED) is 0.868. The van der Waals surface area contributed by atoms with Crippen molar-refractivity contribution >= 4 is 5.91 Å². The average Bonchev–Trinajstić information content (AvgIpc) is 2.79. The van der Waals surface area contributed by atoms with Gasteiger partial charge in [0, 0.05) is 19.1 Å². The van der Waals surface area contributed by atoms with E-state index in [4.69, 9.17) is 9.47 Å². The van der Waals surface area contributed by atoms with Crippen molar-refractivity contribution in [3.8, 4) is 11.5 Å². The number of hydrogen-bond donors (Lipinski definition) is 1. The number of nitrogens with zero attached hydrogens (tertiary/aromatic N) is 1. The normalized spacial score (nSPS) is 18.4. The Morgan fingerprint density at radius 3 is 2.62 bits per heavy atom. The smallest absolute Gasteiger partial charge is 0.240 e. The Kier molecular flexibility index (Phi) is 5.07. The Balaban J connectivity index is 2.04. The van der Waals surface area contributed by atoms with Gasteiger partial charge in [-0.15, -0.1) is 0 Å². The highest BCUT2D eigenvalue weighted by Gasteiger charge is 2.31. The average molecular weight is 292 g/mol. The van der Waals surface area contributed by atoms with Crippen molar-refractivity contribution in [1.82, 2.24) is 10.2 Å². The van der Waals surface area contributed by atoms with Crippen LogP contribution >= 0.6 is 0 Å². The molecule has 1 fully saturated rings. The predicted octanol–water partition coefficient (Wildman–Crippen LogP) is 1.80. The molecule has 1 aromatic rings. The SMILES string of the molecule is COc1ccc(CN2CCC(NC(C)C)C2=O)cc1OC. The number of hydrogen-bond acceptors (Lipinski definition) is 4.